The number of halogens is 3. The van der Waals surface area contributed by atoms with Gasteiger partial charge in [0, 0.05) is 19.6 Å². The van der Waals surface area contributed by atoms with E-state index in [0.29, 0.717) is 25.3 Å². The number of carbonyl (C=O) groups is 1. The van der Waals surface area contributed by atoms with Gasteiger partial charge in [0.2, 0.25) is 5.91 Å². The fourth-order valence-corrected chi connectivity index (χ4v) is 3.25. The second kappa shape index (κ2) is 9.21. The summed E-state index contributed by atoms with van der Waals surface area (Å²) in [6.07, 6.45) is -4.52. The lowest BCUT2D eigenvalue weighted by atomic mass is 10.0. The summed E-state index contributed by atoms with van der Waals surface area (Å²) < 4.78 is 44.0. The molecule has 1 atom stereocenters. The number of carbonyl (C=O) groups excluding carboxylic acids is 1. The Morgan fingerprint density at radius 3 is 2.46 bits per heavy atom. The van der Waals surface area contributed by atoms with Crippen molar-refractivity contribution in [3.63, 3.8) is 0 Å². The summed E-state index contributed by atoms with van der Waals surface area (Å²) in [4.78, 5) is 14.8. The zero-order valence-electron chi connectivity index (χ0n) is 15.4. The number of morpholine rings is 1. The Balaban J connectivity index is 1.68. The Kier molecular flexibility index (Phi) is 6.70. The number of amides is 1. The van der Waals surface area contributed by atoms with Crippen molar-refractivity contribution in [3.05, 3.63) is 71.3 Å². The van der Waals surface area contributed by atoms with Crippen LogP contribution in [0.4, 0.5) is 13.2 Å². The van der Waals surface area contributed by atoms with Crippen molar-refractivity contribution in [2.24, 2.45) is 0 Å². The number of benzene rings is 2. The molecular formula is C21H23F3N2O2. The first kappa shape index (κ1) is 20.4. The van der Waals surface area contributed by atoms with E-state index in [9.17, 15) is 18.0 Å². The largest absolute Gasteiger partial charge is 0.416 e. The third-order valence-corrected chi connectivity index (χ3v) is 4.70. The molecular weight excluding hydrogens is 369 g/mol. The number of hydrogen-bond donors (Lipinski definition) is 1. The monoisotopic (exact) mass is 392 g/mol. The van der Waals surface area contributed by atoms with Crippen LogP contribution in [0.25, 0.3) is 0 Å². The van der Waals surface area contributed by atoms with Crippen molar-refractivity contribution in [3.8, 4) is 0 Å². The lowest BCUT2D eigenvalue weighted by Gasteiger charge is -2.31. The van der Waals surface area contributed by atoms with Crippen LogP contribution in [0, 0.1) is 0 Å². The van der Waals surface area contributed by atoms with Gasteiger partial charge in [-0.15, -0.1) is 0 Å². The van der Waals surface area contributed by atoms with E-state index in [4.69, 9.17) is 4.74 Å². The molecule has 1 heterocycles. The minimum absolute atomic E-state index is 0.101. The van der Waals surface area contributed by atoms with E-state index in [1.54, 1.807) is 0 Å². The second-order valence-corrected chi connectivity index (χ2v) is 6.82. The van der Waals surface area contributed by atoms with E-state index in [2.05, 4.69) is 10.2 Å². The van der Waals surface area contributed by atoms with E-state index in [1.165, 1.54) is 12.1 Å². The Hall–Kier alpha value is -2.38. The topological polar surface area (TPSA) is 41.6 Å². The lowest BCUT2D eigenvalue weighted by molar-refractivity contribution is -0.137. The molecule has 4 nitrogen and oxygen atoms in total. The van der Waals surface area contributed by atoms with Gasteiger partial charge in [-0.2, -0.15) is 13.2 Å². The van der Waals surface area contributed by atoms with Crippen LogP contribution >= 0.6 is 0 Å². The van der Waals surface area contributed by atoms with Gasteiger partial charge < -0.3 is 10.1 Å². The fourth-order valence-electron chi connectivity index (χ4n) is 3.25. The molecule has 1 saturated heterocycles. The highest BCUT2D eigenvalue weighted by Gasteiger charge is 2.30. The maximum atomic E-state index is 12.9. The van der Waals surface area contributed by atoms with Gasteiger partial charge in [0.15, 0.2) is 0 Å². The summed E-state index contributed by atoms with van der Waals surface area (Å²) in [5.74, 6) is -0.304. The average molecular weight is 392 g/mol. The third kappa shape index (κ3) is 5.81. The number of nitrogens with one attached hydrogen (secondary N) is 1. The summed E-state index contributed by atoms with van der Waals surface area (Å²) in [6, 6.07) is 14.2. The molecule has 2 aromatic carbocycles. The Labute approximate surface area is 162 Å². The van der Waals surface area contributed by atoms with Crippen LogP contribution < -0.4 is 5.32 Å². The van der Waals surface area contributed by atoms with Gasteiger partial charge in [-0.1, -0.05) is 48.5 Å². The molecule has 0 unspecified atom stereocenters. The summed E-state index contributed by atoms with van der Waals surface area (Å²) in [7, 11) is 0. The highest BCUT2D eigenvalue weighted by Crippen LogP contribution is 2.29. The zero-order valence-corrected chi connectivity index (χ0v) is 15.4. The predicted octanol–water partition coefficient (Wildman–Crippen LogP) is 3.44. The molecule has 2 aromatic rings. The predicted molar refractivity (Wildman–Crippen MR) is 99.7 cm³/mol. The van der Waals surface area contributed by atoms with Crippen LogP contribution in [-0.4, -0.2) is 43.7 Å². The van der Waals surface area contributed by atoms with Gasteiger partial charge >= 0.3 is 6.18 Å². The molecule has 3 rings (SSSR count). The number of alkyl halides is 3. The zero-order chi connectivity index (χ0) is 20.0. The van der Waals surface area contributed by atoms with Gasteiger partial charge in [0.1, 0.15) is 0 Å². The van der Waals surface area contributed by atoms with Crippen LogP contribution in [0.5, 0.6) is 0 Å². The SMILES string of the molecule is O=C(Cc1cccc(C(F)(F)F)c1)N[C@@H](CN1CCOCC1)c1ccccc1. The maximum absolute atomic E-state index is 12.9. The Bertz CT molecular complexity index is 775. The molecule has 1 fully saturated rings. The first-order valence-electron chi connectivity index (χ1n) is 9.22. The van der Waals surface area contributed by atoms with Crippen molar-refractivity contribution in [2.75, 3.05) is 32.8 Å². The van der Waals surface area contributed by atoms with Gasteiger partial charge in [0.25, 0.3) is 0 Å². The minimum Gasteiger partial charge on any atom is -0.379 e. The van der Waals surface area contributed by atoms with Crippen molar-refractivity contribution in [1.29, 1.82) is 0 Å². The van der Waals surface area contributed by atoms with E-state index in [1.807, 2.05) is 30.3 Å². The van der Waals surface area contributed by atoms with Gasteiger partial charge in [-0.25, -0.2) is 0 Å². The molecule has 7 heteroatoms. The summed E-state index contributed by atoms with van der Waals surface area (Å²) in [5.41, 5.74) is 0.558. The molecule has 1 aliphatic heterocycles. The summed E-state index contributed by atoms with van der Waals surface area (Å²) in [6.45, 7) is 3.50. The van der Waals surface area contributed by atoms with Gasteiger partial charge in [-0.3, -0.25) is 9.69 Å². The molecule has 1 aliphatic rings. The van der Waals surface area contributed by atoms with Crippen molar-refractivity contribution in [1.82, 2.24) is 10.2 Å². The fraction of sp³-hybridized carbons (Fsp3) is 0.381. The third-order valence-electron chi connectivity index (χ3n) is 4.70. The normalized spacial score (nSPS) is 16.5. The quantitative estimate of drug-likeness (QED) is 0.819. The highest BCUT2D eigenvalue weighted by molar-refractivity contribution is 5.79. The van der Waals surface area contributed by atoms with Crippen LogP contribution in [0.3, 0.4) is 0 Å². The van der Waals surface area contributed by atoms with Crippen molar-refractivity contribution in [2.45, 2.75) is 18.6 Å². The molecule has 0 aliphatic carbocycles. The Morgan fingerprint density at radius 2 is 1.79 bits per heavy atom. The van der Waals surface area contributed by atoms with E-state index < -0.39 is 11.7 Å². The standard InChI is InChI=1S/C21H23F3N2O2/c22-21(23,24)18-8-4-5-16(13-18)14-20(27)25-19(17-6-2-1-3-7-17)15-26-9-11-28-12-10-26/h1-8,13,19H,9-12,14-15H2,(H,25,27)/t19-/m0/s1. The molecule has 28 heavy (non-hydrogen) atoms. The highest BCUT2D eigenvalue weighted by atomic mass is 19.4. The number of ether oxygens (including phenoxy) is 1. The van der Waals surface area contributed by atoms with Gasteiger partial charge in [0.05, 0.1) is 31.2 Å². The molecule has 0 saturated carbocycles. The van der Waals surface area contributed by atoms with Crippen LogP contribution in [0.15, 0.2) is 54.6 Å². The first-order valence-corrected chi connectivity index (χ1v) is 9.22. The first-order chi connectivity index (χ1) is 13.4. The van der Waals surface area contributed by atoms with Crippen LogP contribution in [0.1, 0.15) is 22.7 Å². The van der Waals surface area contributed by atoms with Gasteiger partial charge in [-0.05, 0) is 17.2 Å². The minimum atomic E-state index is -4.42. The molecule has 0 bridgehead atoms. The number of rotatable bonds is 6. The maximum Gasteiger partial charge on any atom is 0.416 e. The van der Waals surface area contributed by atoms with Crippen molar-refractivity contribution >= 4 is 5.91 Å². The molecule has 1 N–H and O–H groups in total. The summed E-state index contributed by atoms with van der Waals surface area (Å²) >= 11 is 0. The molecule has 1 amide bonds. The van der Waals surface area contributed by atoms with E-state index >= 15 is 0 Å². The van der Waals surface area contributed by atoms with Crippen molar-refractivity contribution < 1.29 is 22.7 Å². The number of hydrogen-bond acceptors (Lipinski definition) is 3. The number of nitrogens with zero attached hydrogens (tertiary/aromatic N) is 1. The summed E-state index contributed by atoms with van der Waals surface area (Å²) in [5, 5.41) is 2.98. The molecule has 0 spiro atoms. The lowest BCUT2D eigenvalue weighted by Crippen LogP contribution is -2.43. The van der Waals surface area contributed by atoms with Crippen LogP contribution in [-0.2, 0) is 22.1 Å². The van der Waals surface area contributed by atoms with Crippen LogP contribution in [0.2, 0.25) is 0 Å². The second-order valence-electron chi connectivity index (χ2n) is 6.82. The van der Waals surface area contributed by atoms with E-state index in [-0.39, 0.29) is 18.4 Å². The molecule has 150 valence electrons. The average Bonchev–Trinajstić information content (AvgIpc) is 2.68. The Morgan fingerprint density at radius 1 is 1.07 bits per heavy atom. The smallest absolute Gasteiger partial charge is 0.379 e. The molecule has 0 aromatic heterocycles. The molecule has 0 radical (unpaired) electrons. The van der Waals surface area contributed by atoms with E-state index in [0.717, 1.165) is 30.8 Å².